The second-order valence-corrected chi connectivity index (χ2v) is 7.85. The number of hydrogen-bond acceptors (Lipinski definition) is 4. The maximum Gasteiger partial charge on any atom is 0.233 e. The van der Waals surface area contributed by atoms with Crippen LogP contribution in [-0.2, 0) is 26.2 Å². The molecule has 154 valence electrons. The topological polar surface area (TPSA) is 51.7 Å². The number of pyridine rings is 1. The number of carbonyl (C=O) groups excluding carboxylic acids is 1. The van der Waals surface area contributed by atoms with Gasteiger partial charge in [-0.15, -0.1) is 0 Å². The first kappa shape index (κ1) is 20.0. The van der Waals surface area contributed by atoms with E-state index in [2.05, 4.69) is 4.98 Å². The molecule has 1 amide bonds. The van der Waals surface area contributed by atoms with Gasteiger partial charge in [-0.1, -0.05) is 18.2 Å². The molecule has 2 aliphatic rings. The third-order valence-corrected chi connectivity index (χ3v) is 5.95. The lowest BCUT2D eigenvalue weighted by molar-refractivity contribution is -0.143. The Morgan fingerprint density at radius 1 is 1.17 bits per heavy atom. The highest BCUT2D eigenvalue weighted by atomic mass is 19.1. The SMILES string of the molecule is O=C(N(Cc1ccccn1)C[C@@H]1CCCO1)C1(c2cccc(F)c2)CCOCC1. The molecule has 2 saturated heterocycles. The maximum atomic E-state index is 14.0. The first-order chi connectivity index (χ1) is 14.2. The number of carbonyl (C=O) groups is 1. The van der Waals surface area contributed by atoms with Gasteiger partial charge in [0.2, 0.25) is 5.91 Å². The Hall–Kier alpha value is -2.31. The fourth-order valence-electron chi connectivity index (χ4n) is 4.38. The normalized spacial score (nSPS) is 21.1. The zero-order chi connectivity index (χ0) is 20.1. The van der Waals surface area contributed by atoms with Crippen molar-refractivity contribution in [3.05, 3.63) is 65.7 Å². The molecule has 1 aromatic carbocycles. The smallest absolute Gasteiger partial charge is 0.233 e. The third kappa shape index (κ3) is 4.49. The molecular formula is C23H27FN2O3. The Balaban J connectivity index is 1.67. The van der Waals surface area contributed by atoms with Gasteiger partial charge in [-0.2, -0.15) is 0 Å². The molecule has 0 N–H and O–H groups in total. The molecule has 0 unspecified atom stereocenters. The monoisotopic (exact) mass is 398 g/mol. The fraction of sp³-hybridized carbons (Fsp3) is 0.478. The van der Waals surface area contributed by atoms with Crippen LogP contribution in [0.3, 0.4) is 0 Å². The van der Waals surface area contributed by atoms with Gasteiger partial charge < -0.3 is 14.4 Å². The van der Waals surface area contributed by atoms with Gasteiger partial charge in [0.1, 0.15) is 5.82 Å². The molecule has 3 heterocycles. The molecule has 4 rings (SSSR count). The molecule has 0 radical (unpaired) electrons. The zero-order valence-corrected chi connectivity index (χ0v) is 16.6. The lowest BCUT2D eigenvalue weighted by Crippen LogP contribution is -2.51. The van der Waals surface area contributed by atoms with Crippen LogP contribution in [0, 0.1) is 5.82 Å². The Morgan fingerprint density at radius 2 is 2.03 bits per heavy atom. The average molecular weight is 398 g/mol. The third-order valence-electron chi connectivity index (χ3n) is 5.95. The van der Waals surface area contributed by atoms with Crippen molar-refractivity contribution in [2.75, 3.05) is 26.4 Å². The molecule has 1 atom stereocenters. The number of rotatable bonds is 6. The van der Waals surface area contributed by atoms with E-state index in [4.69, 9.17) is 9.47 Å². The quantitative estimate of drug-likeness (QED) is 0.748. The van der Waals surface area contributed by atoms with Crippen LogP contribution in [0.15, 0.2) is 48.7 Å². The number of aromatic nitrogens is 1. The maximum absolute atomic E-state index is 14.0. The van der Waals surface area contributed by atoms with Gasteiger partial charge in [-0.25, -0.2) is 4.39 Å². The van der Waals surface area contributed by atoms with Crippen LogP contribution in [0.5, 0.6) is 0 Å². The van der Waals surface area contributed by atoms with E-state index in [9.17, 15) is 9.18 Å². The Kier molecular flexibility index (Phi) is 6.21. The van der Waals surface area contributed by atoms with Gasteiger partial charge in [-0.05, 0) is 55.5 Å². The summed E-state index contributed by atoms with van der Waals surface area (Å²) in [5, 5.41) is 0. The minimum Gasteiger partial charge on any atom is -0.381 e. The van der Waals surface area contributed by atoms with Gasteiger partial charge in [0.25, 0.3) is 0 Å². The van der Waals surface area contributed by atoms with Crippen molar-refractivity contribution in [1.82, 2.24) is 9.88 Å². The van der Waals surface area contributed by atoms with Crippen LogP contribution >= 0.6 is 0 Å². The first-order valence-electron chi connectivity index (χ1n) is 10.3. The van der Waals surface area contributed by atoms with Crippen molar-refractivity contribution in [2.45, 2.75) is 43.7 Å². The predicted octanol–water partition coefficient (Wildman–Crippen LogP) is 3.48. The number of amides is 1. The van der Waals surface area contributed by atoms with Crippen LogP contribution in [0.2, 0.25) is 0 Å². The van der Waals surface area contributed by atoms with E-state index >= 15 is 0 Å². The van der Waals surface area contributed by atoms with Crippen molar-refractivity contribution in [2.24, 2.45) is 0 Å². The van der Waals surface area contributed by atoms with E-state index < -0.39 is 5.41 Å². The van der Waals surface area contributed by atoms with Crippen LogP contribution in [0.4, 0.5) is 4.39 Å². The summed E-state index contributed by atoms with van der Waals surface area (Å²) in [7, 11) is 0. The number of benzene rings is 1. The summed E-state index contributed by atoms with van der Waals surface area (Å²) < 4.78 is 25.4. The highest BCUT2D eigenvalue weighted by Crippen LogP contribution is 2.38. The highest BCUT2D eigenvalue weighted by Gasteiger charge is 2.44. The average Bonchev–Trinajstić information content (AvgIpc) is 3.27. The van der Waals surface area contributed by atoms with Crippen LogP contribution in [-0.4, -0.2) is 48.3 Å². The largest absolute Gasteiger partial charge is 0.381 e. The molecule has 0 saturated carbocycles. The van der Waals surface area contributed by atoms with Crippen LogP contribution in [0.25, 0.3) is 0 Å². The lowest BCUT2D eigenvalue weighted by Gasteiger charge is -2.40. The molecule has 1 aromatic heterocycles. The Labute approximate surface area is 170 Å². The van der Waals surface area contributed by atoms with Gasteiger partial charge >= 0.3 is 0 Å². The minimum atomic E-state index is -0.784. The number of hydrogen-bond donors (Lipinski definition) is 0. The summed E-state index contributed by atoms with van der Waals surface area (Å²) in [4.78, 5) is 20.3. The molecule has 0 aliphatic carbocycles. The number of nitrogens with zero attached hydrogens (tertiary/aromatic N) is 2. The molecule has 0 bridgehead atoms. The summed E-state index contributed by atoms with van der Waals surface area (Å²) in [6, 6.07) is 12.2. The summed E-state index contributed by atoms with van der Waals surface area (Å²) in [5.74, 6) is -0.316. The second-order valence-electron chi connectivity index (χ2n) is 7.85. The van der Waals surface area contributed by atoms with E-state index in [0.717, 1.165) is 30.7 Å². The number of halogens is 1. The Morgan fingerprint density at radius 3 is 2.72 bits per heavy atom. The molecular weight excluding hydrogens is 371 g/mol. The van der Waals surface area contributed by atoms with Gasteiger partial charge in [-0.3, -0.25) is 9.78 Å². The van der Waals surface area contributed by atoms with Crippen molar-refractivity contribution in [1.29, 1.82) is 0 Å². The molecule has 2 aliphatic heterocycles. The van der Waals surface area contributed by atoms with E-state index in [1.54, 1.807) is 12.3 Å². The van der Waals surface area contributed by atoms with Crippen LogP contribution < -0.4 is 0 Å². The summed E-state index contributed by atoms with van der Waals surface area (Å²) in [5.41, 5.74) is 0.776. The first-order valence-corrected chi connectivity index (χ1v) is 10.3. The van der Waals surface area contributed by atoms with Gasteiger partial charge in [0.15, 0.2) is 0 Å². The summed E-state index contributed by atoms with van der Waals surface area (Å²) in [6.07, 6.45) is 4.81. The van der Waals surface area contributed by atoms with Gasteiger partial charge in [0, 0.05) is 32.6 Å². The second kappa shape index (κ2) is 9.01. The van der Waals surface area contributed by atoms with Crippen molar-refractivity contribution in [3.63, 3.8) is 0 Å². The highest BCUT2D eigenvalue weighted by molar-refractivity contribution is 5.88. The zero-order valence-electron chi connectivity index (χ0n) is 16.6. The van der Waals surface area contributed by atoms with Gasteiger partial charge in [0.05, 0.1) is 23.8 Å². The van der Waals surface area contributed by atoms with E-state index in [1.807, 2.05) is 29.2 Å². The summed E-state index contributed by atoms with van der Waals surface area (Å²) >= 11 is 0. The van der Waals surface area contributed by atoms with Crippen molar-refractivity contribution >= 4 is 5.91 Å². The summed E-state index contributed by atoms with van der Waals surface area (Å²) in [6.45, 7) is 2.64. The predicted molar refractivity (Wildman–Crippen MR) is 107 cm³/mol. The molecule has 29 heavy (non-hydrogen) atoms. The van der Waals surface area contributed by atoms with E-state index in [-0.39, 0.29) is 17.8 Å². The van der Waals surface area contributed by atoms with Crippen molar-refractivity contribution in [3.8, 4) is 0 Å². The molecule has 2 fully saturated rings. The van der Waals surface area contributed by atoms with Crippen LogP contribution in [0.1, 0.15) is 36.9 Å². The molecule has 2 aromatic rings. The molecule has 0 spiro atoms. The minimum absolute atomic E-state index is 0.00699. The standard InChI is InChI=1S/C23H27FN2O3/c24-19-6-3-5-18(15-19)23(9-13-28-14-10-23)22(27)26(17-21-8-4-12-29-21)16-20-7-1-2-11-25-20/h1-3,5-7,11,15,21H,4,8-10,12-14,16-17H2/t21-/m0/s1. The fourth-order valence-corrected chi connectivity index (χ4v) is 4.38. The lowest BCUT2D eigenvalue weighted by atomic mass is 9.72. The van der Waals surface area contributed by atoms with Crippen molar-refractivity contribution < 1.29 is 18.7 Å². The van der Waals surface area contributed by atoms with E-state index in [1.165, 1.54) is 12.1 Å². The Bertz CT molecular complexity index is 818. The molecule has 5 nitrogen and oxygen atoms in total. The van der Waals surface area contributed by atoms with E-state index in [0.29, 0.717) is 39.1 Å². The number of ether oxygens (including phenoxy) is 2. The molecule has 6 heteroatoms.